The fraction of sp³-hybridized carbons (Fsp3) is 0.350. The minimum atomic E-state index is -0.586. The van der Waals surface area contributed by atoms with Gasteiger partial charge in [-0.3, -0.25) is 4.79 Å². The zero-order chi connectivity index (χ0) is 17.5. The molecule has 0 aromatic heterocycles. The molecule has 2 aromatic rings. The van der Waals surface area contributed by atoms with Crippen LogP contribution in [0.4, 0.5) is 0 Å². The predicted octanol–water partition coefficient (Wildman–Crippen LogP) is 4.04. The van der Waals surface area contributed by atoms with Gasteiger partial charge in [-0.05, 0) is 38.0 Å². The lowest BCUT2D eigenvalue weighted by Gasteiger charge is -2.21. The second kappa shape index (κ2) is 8.39. The Kier molecular flexibility index (Phi) is 6.24. The van der Waals surface area contributed by atoms with Crippen molar-refractivity contribution in [2.75, 3.05) is 7.11 Å². The number of amides is 1. The van der Waals surface area contributed by atoms with Gasteiger partial charge in [-0.1, -0.05) is 42.8 Å². The quantitative estimate of drug-likeness (QED) is 0.835. The van der Waals surface area contributed by atoms with Crippen molar-refractivity contribution in [1.82, 2.24) is 5.32 Å². The lowest BCUT2D eigenvalue weighted by atomic mass is 10.0. The van der Waals surface area contributed by atoms with Gasteiger partial charge in [-0.25, -0.2) is 0 Å². The largest absolute Gasteiger partial charge is 0.497 e. The predicted molar refractivity (Wildman–Crippen MR) is 95.4 cm³/mol. The molecule has 2 rings (SSSR count). The Morgan fingerprint density at radius 3 is 2.42 bits per heavy atom. The average Bonchev–Trinajstić information content (AvgIpc) is 2.60. The molecule has 0 saturated heterocycles. The third kappa shape index (κ3) is 4.75. The molecule has 0 radical (unpaired) electrons. The number of hydrogen-bond donors (Lipinski definition) is 1. The highest BCUT2D eigenvalue weighted by molar-refractivity contribution is 5.81. The highest BCUT2D eigenvalue weighted by Crippen LogP contribution is 2.21. The van der Waals surface area contributed by atoms with Crippen LogP contribution in [0.15, 0.2) is 48.5 Å². The summed E-state index contributed by atoms with van der Waals surface area (Å²) in [7, 11) is 1.60. The van der Waals surface area contributed by atoms with Gasteiger partial charge in [0.05, 0.1) is 13.2 Å². The van der Waals surface area contributed by atoms with Crippen LogP contribution < -0.4 is 14.8 Å². The summed E-state index contributed by atoms with van der Waals surface area (Å²) in [4.78, 5) is 12.4. The summed E-state index contributed by atoms with van der Waals surface area (Å²) in [5.74, 6) is 1.18. The van der Waals surface area contributed by atoms with Gasteiger partial charge in [0.25, 0.3) is 5.91 Å². The van der Waals surface area contributed by atoms with Crippen molar-refractivity contribution < 1.29 is 14.3 Å². The lowest BCUT2D eigenvalue weighted by molar-refractivity contribution is -0.128. The molecule has 0 saturated carbocycles. The van der Waals surface area contributed by atoms with Crippen molar-refractivity contribution in [3.05, 3.63) is 59.7 Å². The summed E-state index contributed by atoms with van der Waals surface area (Å²) in [5, 5.41) is 3.06. The smallest absolute Gasteiger partial charge is 0.261 e. The van der Waals surface area contributed by atoms with Crippen LogP contribution in [0.5, 0.6) is 11.5 Å². The molecule has 0 fully saturated rings. The number of methoxy groups -OCH3 is 1. The molecule has 4 heteroatoms. The fourth-order valence-electron chi connectivity index (χ4n) is 2.44. The summed E-state index contributed by atoms with van der Waals surface area (Å²) in [6.07, 6.45) is 0.234. The Morgan fingerprint density at radius 1 is 1.12 bits per heavy atom. The van der Waals surface area contributed by atoms with E-state index in [2.05, 4.69) is 36.5 Å². The van der Waals surface area contributed by atoms with Crippen LogP contribution >= 0.6 is 0 Å². The van der Waals surface area contributed by atoms with E-state index in [4.69, 9.17) is 9.47 Å². The van der Waals surface area contributed by atoms with E-state index in [0.29, 0.717) is 11.5 Å². The number of aryl methyl sites for hydroxylation is 1. The van der Waals surface area contributed by atoms with E-state index < -0.39 is 6.10 Å². The minimum Gasteiger partial charge on any atom is -0.497 e. The van der Waals surface area contributed by atoms with Crippen LogP contribution in [-0.4, -0.2) is 19.1 Å². The molecular formula is C20H25NO3. The summed E-state index contributed by atoms with van der Waals surface area (Å²) in [6, 6.07) is 15.4. The minimum absolute atomic E-state index is 0.0190. The molecule has 0 heterocycles. The number of carbonyl (C=O) groups excluding carboxylic acids is 1. The standard InChI is InChI=1S/C20H25NO3/c1-5-19(16-11-9-14(2)10-12-16)21-20(22)15(3)24-18-8-6-7-17(13-18)23-4/h6-13,15,19H,5H2,1-4H3,(H,21,22). The molecule has 2 atom stereocenters. The van der Waals surface area contributed by atoms with Gasteiger partial charge in [0.1, 0.15) is 11.5 Å². The molecular weight excluding hydrogens is 302 g/mol. The van der Waals surface area contributed by atoms with Crippen molar-refractivity contribution in [3.8, 4) is 11.5 Å². The van der Waals surface area contributed by atoms with Crippen molar-refractivity contribution in [2.24, 2.45) is 0 Å². The maximum absolute atomic E-state index is 12.4. The van der Waals surface area contributed by atoms with E-state index in [1.54, 1.807) is 20.1 Å². The topological polar surface area (TPSA) is 47.6 Å². The van der Waals surface area contributed by atoms with Gasteiger partial charge in [-0.2, -0.15) is 0 Å². The van der Waals surface area contributed by atoms with Gasteiger partial charge in [0.2, 0.25) is 0 Å². The lowest BCUT2D eigenvalue weighted by Crippen LogP contribution is -2.38. The highest BCUT2D eigenvalue weighted by Gasteiger charge is 2.19. The molecule has 1 N–H and O–H groups in total. The number of rotatable bonds is 7. The van der Waals surface area contributed by atoms with Crippen LogP contribution in [-0.2, 0) is 4.79 Å². The monoisotopic (exact) mass is 327 g/mol. The van der Waals surface area contributed by atoms with E-state index in [0.717, 1.165) is 12.0 Å². The molecule has 0 aliphatic heterocycles. The molecule has 4 nitrogen and oxygen atoms in total. The Morgan fingerprint density at radius 2 is 1.79 bits per heavy atom. The van der Waals surface area contributed by atoms with Crippen LogP contribution in [0.1, 0.15) is 37.4 Å². The molecule has 0 bridgehead atoms. The number of hydrogen-bond acceptors (Lipinski definition) is 3. The van der Waals surface area contributed by atoms with E-state index in [-0.39, 0.29) is 11.9 Å². The Bertz CT molecular complexity index is 667. The zero-order valence-electron chi connectivity index (χ0n) is 14.7. The summed E-state index contributed by atoms with van der Waals surface area (Å²) in [5.41, 5.74) is 2.31. The van der Waals surface area contributed by atoms with E-state index >= 15 is 0 Å². The van der Waals surface area contributed by atoms with Crippen LogP contribution in [0.3, 0.4) is 0 Å². The Balaban J connectivity index is 2.00. The van der Waals surface area contributed by atoms with E-state index in [1.165, 1.54) is 5.56 Å². The van der Waals surface area contributed by atoms with Crippen LogP contribution in [0, 0.1) is 6.92 Å². The van der Waals surface area contributed by atoms with Crippen molar-refractivity contribution >= 4 is 5.91 Å². The summed E-state index contributed by atoms with van der Waals surface area (Å²) in [6.45, 7) is 5.85. The fourth-order valence-corrected chi connectivity index (χ4v) is 2.44. The SMILES string of the molecule is CCC(NC(=O)C(C)Oc1cccc(OC)c1)c1ccc(C)cc1. The van der Waals surface area contributed by atoms with Crippen molar-refractivity contribution in [2.45, 2.75) is 39.3 Å². The Labute approximate surface area is 143 Å². The molecule has 24 heavy (non-hydrogen) atoms. The molecule has 0 spiro atoms. The van der Waals surface area contributed by atoms with Crippen molar-refractivity contribution in [3.63, 3.8) is 0 Å². The second-order valence-corrected chi connectivity index (χ2v) is 5.82. The third-order valence-electron chi connectivity index (χ3n) is 3.93. The first-order valence-electron chi connectivity index (χ1n) is 8.21. The molecule has 2 aromatic carbocycles. The number of carbonyl (C=O) groups is 1. The van der Waals surface area contributed by atoms with E-state index in [9.17, 15) is 4.79 Å². The Hall–Kier alpha value is -2.49. The molecule has 1 amide bonds. The molecule has 128 valence electrons. The number of ether oxygens (including phenoxy) is 2. The first-order valence-corrected chi connectivity index (χ1v) is 8.21. The average molecular weight is 327 g/mol. The van der Waals surface area contributed by atoms with Crippen LogP contribution in [0.25, 0.3) is 0 Å². The van der Waals surface area contributed by atoms with Gasteiger partial charge < -0.3 is 14.8 Å². The molecule has 2 unspecified atom stereocenters. The molecule has 0 aliphatic carbocycles. The van der Waals surface area contributed by atoms with Gasteiger partial charge >= 0.3 is 0 Å². The third-order valence-corrected chi connectivity index (χ3v) is 3.93. The van der Waals surface area contributed by atoms with Crippen molar-refractivity contribution in [1.29, 1.82) is 0 Å². The molecule has 0 aliphatic rings. The summed E-state index contributed by atoms with van der Waals surface area (Å²) < 4.78 is 10.9. The van der Waals surface area contributed by atoms with Gasteiger partial charge in [0, 0.05) is 6.07 Å². The van der Waals surface area contributed by atoms with Gasteiger partial charge in [0.15, 0.2) is 6.10 Å². The highest BCUT2D eigenvalue weighted by atomic mass is 16.5. The maximum Gasteiger partial charge on any atom is 0.261 e. The van der Waals surface area contributed by atoms with E-state index in [1.807, 2.05) is 25.1 Å². The normalized spacial score (nSPS) is 13.0. The first kappa shape index (κ1) is 17.9. The maximum atomic E-state index is 12.4. The zero-order valence-corrected chi connectivity index (χ0v) is 14.7. The van der Waals surface area contributed by atoms with Gasteiger partial charge in [-0.15, -0.1) is 0 Å². The number of nitrogens with one attached hydrogen (secondary N) is 1. The first-order chi connectivity index (χ1) is 11.5. The number of benzene rings is 2. The summed E-state index contributed by atoms with van der Waals surface area (Å²) >= 11 is 0. The second-order valence-electron chi connectivity index (χ2n) is 5.82. The van der Waals surface area contributed by atoms with Crippen LogP contribution in [0.2, 0.25) is 0 Å².